The molecule has 0 N–H and O–H groups in total. The van der Waals surface area contributed by atoms with Gasteiger partial charge in [-0.05, 0) is 67.4 Å². The largest absolute Gasteiger partial charge is 0.466 e. The number of rotatable bonds is 4. The molecule has 148 valence electrons. The zero-order valence-corrected chi connectivity index (χ0v) is 17.3. The molecule has 1 amide bonds. The van der Waals surface area contributed by atoms with E-state index in [1.54, 1.807) is 36.1 Å². The zero-order valence-electron chi connectivity index (χ0n) is 15.7. The SMILES string of the molecule is CCOC(=O)CC1c2cccn2Sc2ccccc2N1C(=O)c1ccc(Cl)cc1. The number of nitrogens with zero attached hydrogens (tertiary/aromatic N) is 2. The lowest BCUT2D eigenvalue weighted by Crippen LogP contribution is -2.36. The van der Waals surface area contributed by atoms with Gasteiger partial charge in [0, 0.05) is 16.8 Å². The van der Waals surface area contributed by atoms with E-state index in [9.17, 15) is 9.59 Å². The fourth-order valence-electron chi connectivity index (χ4n) is 3.42. The second-order valence-corrected chi connectivity index (χ2v) is 7.98. The number of carbonyl (C=O) groups excluding carboxylic acids is 2. The molecule has 3 aromatic rings. The van der Waals surface area contributed by atoms with Crippen molar-refractivity contribution < 1.29 is 14.3 Å². The monoisotopic (exact) mass is 426 g/mol. The standard InChI is InChI=1S/C22H19ClN2O3S/c1-2-28-21(26)14-19-17-7-5-13-24(17)29-20-8-4-3-6-18(20)25(19)22(27)15-9-11-16(23)12-10-15/h3-13,19H,2,14H2,1H3. The molecule has 0 fully saturated rings. The van der Waals surface area contributed by atoms with Crippen LogP contribution in [-0.2, 0) is 9.53 Å². The molecule has 0 saturated heterocycles. The summed E-state index contributed by atoms with van der Waals surface area (Å²) in [6, 6.07) is 17.8. The molecule has 0 spiro atoms. The summed E-state index contributed by atoms with van der Waals surface area (Å²) in [5.41, 5.74) is 2.13. The van der Waals surface area contributed by atoms with Crippen LogP contribution in [0.4, 0.5) is 5.69 Å². The second kappa shape index (κ2) is 8.35. The van der Waals surface area contributed by atoms with Gasteiger partial charge < -0.3 is 4.74 Å². The smallest absolute Gasteiger partial charge is 0.308 e. The van der Waals surface area contributed by atoms with Gasteiger partial charge in [0.15, 0.2) is 0 Å². The molecule has 2 heterocycles. The maximum absolute atomic E-state index is 13.6. The molecule has 1 aromatic heterocycles. The number of fused-ring (bicyclic) bond motifs is 2. The second-order valence-electron chi connectivity index (χ2n) is 6.52. The Morgan fingerprint density at radius 3 is 2.59 bits per heavy atom. The van der Waals surface area contributed by atoms with Crippen LogP contribution in [0.2, 0.25) is 5.02 Å². The number of aromatic nitrogens is 1. The number of amides is 1. The van der Waals surface area contributed by atoms with E-state index in [1.165, 1.54) is 11.9 Å². The maximum atomic E-state index is 13.6. The van der Waals surface area contributed by atoms with Crippen LogP contribution in [0.25, 0.3) is 0 Å². The third kappa shape index (κ3) is 3.91. The number of carbonyl (C=O) groups is 2. The summed E-state index contributed by atoms with van der Waals surface area (Å²) >= 11 is 7.52. The van der Waals surface area contributed by atoms with E-state index in [0.717, 1.165) is 16.3 Å². The number of esters is 1. The summed E-state index contributed by atoms with van der Waals surface area (Å²) in [7, 11) is 0. The number of hydrogen-bond donors (Lipinski definition) is 0. The topological polar surface area (TPSA) is 51.5 Å². The van der Waals surface area contributed by atoms with E-state index in [-0.39, 0.29) is 18.3 Å². The van der Waals surface area contributed by atoms with Gasteiger partial charge in [-0.1, -0.05) is 23.7 Å². The third-order valence-electron chi connectivity index (χ3n) is 4.69. The Morgan fingerprint density at radius 1 is 1.07 bits per heavy atom. The minimum absolute atomic E-state index is 0.0616. The Bertz CT molecular complexity index is 1050. The molecule has 1 aliphatic rings. The fraction of sp³-hybridized carbons (Fsp3) is 0.182. The molecule has 0 aliphatic carbocycles. The number of benzene rings is 2. The molecule has 0 radical (unpaired) electrons. The summed E-state index contributed by atoms with van der Waals surface area (Å²) in [6.07, 6.45) is 2.00. The molecule has 0 saturated carbocycles. The molecule has 0 bridgehead atoms. The number of halogens is 1. The normalized spacial score (nSPS) is 15.2. The van der Waals surface area contributed by atoms with Gasteiger partial charge >= 0.3 is 5.97 Å². The number of para-hydroxylation sites is 1. The van der Waals surface area contributed by atoms with Gasteiger partial charge in [-0.15, -0.1) is 0 Å². The number of hydrogen-bond acceptors (Lipinski definition) is 4. The van der Waals surface area contributed by atoms with Crippen molar-refractivity contribution in [1.29, 1.82) is 0 Å². The van der Waals surface area contributed by atoms with Crippen LogP contribution in [0.5, 0.6) is 0 Å². The van der Waals surface area contributed by atoms with Crippen molar-refractivity contribution in [2.75, 3.05) is 11.5 Å². The highest BCUT2D eigenvalue weighted by molar-refractivity contribution is 7.98. The van der Waals surface area contributed by atoms with Crippen molar-refractivity contribution in [1.82, 2.24) is 3.97 Å². The van der Waals surface area contributed by atoms with Crippen molar-refractivity contribution in [3.05, 3.63) is 83.1 Å². The Morgan fingerprint density at radius 2 is 1.83 bits per heavy atom. The first-order valence-electron chi connectivity index (χ1n) is 9.28. The van der Waals surface area contributed by atoms with Crippen LogP contribution in [0.1, 0.15) is 35.4 Å². The molecule has 5 nitrogen and oxygen atoms in total. The third-order valence-corrected chi connectivity index (χ3v) is 6.02. The van der Waals surface area contributed by atoms with Crippen LogP contribution in [0, 0.1) is 0 Å². The highest BCUT2D eigenvalue weighted by atomic mass is 35.5. The Labute approximate surface area is 178 Å². The molecule has 1 unspecified atom stereocenters. The molecule has 1 aliphatic heterocycles. The van der Waals surface area contributed by atoms with E-state index >= 15 is 0 Å². The quantitative estimate of drug-likeness (QED) is 0.527. The first-order chi connectivity index (χ1) is 14.1. The van der Waals surface area contributed by atoms with Gasteiger partial charge in [-0.3, -0.25) is 18.5 Å². The zero-order chi connectivity index (χ0) is 20.4. The minimum Gasteiger partial charge on any atom is -0.466 e. The highest BCUT2D eigenvalue weighted by Crippen LogP contribution is 2.43. The first kappa shape index (κ1) is 19.6. The van der Waals surface area contributed by atoms with Gasteiger partial charge in [0.1, 0.15) is 0 Å². The lowest BCUT2D eigenvalue weighted by atomic mass is 10.0. The van der Waals surface area contributed by atoms with Crippen LogP contribution in [0.3, 0.4) is 0 Å². The van der Waals surface area contributed by atoms with Crippen molar-refractivity contribution in [2.45, 2.75) is 24.3 Å². The van der Waals surface area contributed by atoms with Crippen LogP contribution in [0.15, 0.2) is 71.8 Å². The van der Waals surface area contributed by atoms with Crippen molar-refractivity contribution in [2.24, 2.45) is 0 Å². The number of ether oxygens (including phenoxy) is 1. The molecule has 4 rings (SSSR count). The molecule has 1 atom stereocenters. The lowest BCUT2D eigenvalue weighted by molar-refractivity contribution is -0.143. The van der Waals surface area contributed by atoms with E-state index in [0.29, 0.717) is 17.2 Å². The molecule has 7 heteroatoms. The molecule has 29 heavy (non-hydrogen) atoms. The van der Waals surface area contributed by atoms with Crippen LogP contribution >= 0.6 is 23.5 Å². The predicted octanol–water partition coefficient (Wildman–Crippen LogP) is 5.35. The Balaban J connectivity index is 1.85. The van der Waals surface area contributed by atoms with Gasteiger partial charge in [-0.25, -0.2) is 0 Å². The summed E-state index contributed by atoms with van der Waals surface area (Å²) in [4.78, 5) is 28.7. The Hall–Kier alpha value is -2.70. The first-order valence-corrected chi connectivity index (χ1v) is 10.4. The van der Waals surface area contributed by atoms with E-state index in [2.05, 4.69) is 0 Å². The lowest BCUT2D eigenvalue weighted by Gasteiger charge is -2.30. The average Bonchev–Trinajstić information content (AvgIpc) is 3.12. The Kier molecular flexibility index (Phi) is 5.65. The minimum atomic E-state index is -0.497. The van der Waals surface area contributed by atoms with E-state index in [1.807, 2.05) is 46.6 Å². The van der Waals surface area contributed by atoms with Crippen LogP contribution < -0.4 is 4.90 Å². The number of anilines is 1. The summed E-state index contributed by atoms with van der Waals surface area (Å²) in [6.45, 7) is 2.07. The van der Waals surface area contributed by atoms with E-state index in [4.69, 9.17) is 16.3 Å². The van der Waals surface area contributed by atoms with Gasteiger partial charge in [0.25, 0.3) is 5.91 Å². The molecular weight excluding hydrogens is 408 g/mol. The highest BCUT2D eigenvalue weighted by Gasteiger charge is 2.35. The summed E-state index contributed by atoms with van der Waals surface area (Å²) in [5.74, 6) is -0.540. The summed E-state index contributed by atoms with van der Waals surface area (Å²) in [5, 5.41) is 0.560. The van der Waals surface area contributed by atoms with Crippen LogP contribution in [-0.4, -0.2) is 22.5 Å². The summed E-state index contributed by atoms with van der Waals surface area (Å²) < 4.78 is 7.20. The molecular formula is C22H19ClN2O3S. The van der Waals surface area contributed by atoms with Crippen molar-refractivity contribution in [3.63, 3.8) is 0 Å². The van der Waals surface area contributed by atoms with Crippen molar-refractivity contribution >= 4 is 41.1 Å². The average molecular weight is 427 g/mol. The van der Waals surface area contributed by atoms with Crippen molar-refractivity contribution in [3.8, 4) is 0 Å². The van der Waals surface area contributed by atoms with E-state index < -0.39 is 6.04 Å². The molecule has 2 aromatic carbocycles. The van der Waals surface area contributed by atoms with Gasteiger partial charge in [0.2, 0.25) is 0 Å². The van der Waals surface area contributed by atoms with Gasteiger partial charge in [-0.2, -0.15) is 0 Å². The van der Waals surface area contributed by atoms with Gasteiger partial charge in [0.05, 0.1) is 35.3 Å². The fourth-order valence-corrected chi connectivity index (χ4v) is 4.57. The predicted molar refractivity (Wildman–Crippen MR) is 114 cm³/mol. The maximum Gasteiger partial charge on any atom is 0.308 e.